The molecule has 164 valence electrons. The van der Waals surface area contributed by atoms with Crippen molar-refractivity contribution in [2.24, 2.45) is 0 Å². The number of nitrogens with zero attached hydrogens (tertiary/aromatic N) is 4. The van der Waals surface area contributed by atoms with E-state index in [0.717, 1.165) is 11.1 Å². The van der Waals surface area contributed by atoms with Gasteiger partial charge < -0.3 is 5.32 Å². The highest BCUT2D eigenvalue weighted by Crippen LogP contribution is 2.19. The Morgan fingerprint density at radius 1 is 1.16 bits per heavy atom. The van der Waals surface area contributed by atoms with Gasteiger partial charge in [-0.15, -0.1) is 0 Å². The van der Waals surface area contributed by atoms with Crippen LogP contribution in [0.4, 0.5) is 0 Å². The Labute approximate surface area is 190 Å². The number of aromatic nitrogens is 4. The molecule has 0 unspecified atom stereocenters. The van der Waals surface area contributed by atoms with Crippen LogP contribution in [0.25, 0.3) is 11.0 Å². The zero-order valence-corrected chi connectivity index (χ0v) is 18.5. The fraction of sp³-hybridized carbons (Fsp3) is 0.250. The summed E-state index contributed by atoms with van der Waals surface area (Å²) in [6.45, 7) is 3.19. The molecule has 4 aromatic rings. The standard InChI is InChI=1S/C24H24ClN5O2/c1-2-20(18-8-4-3-5-9-18)23(31)26-11-12-30-22-21(14-28-30)24(32)29(16-27-22)15-17-7-6-10-19(25)13-17/h3-10,13-14,16,20H,2,11-12,15H2,1H3,(H,26,31)/t20-/m1/s1. The number of nitrogens with one attached hydrogen (secondary N) is 1. The Kier molecular flexibility index (Phi) is 6.66. The van der Waals surface area contributed by atoms with Crippen molar-refractivity contribution in [1.29, 1.82) is 0 Å². The van der Waals surface area contributed by atoms with Crippen molar-refractivity contribution in [3.8, 4) is 0 Å². The van der Waals surface area contributed by atoms with Crippen LogP contribution in [0, 0.1) is 0 Å². The van der Waals surface area contributed by atoms with Crippen LogP contribution in [-0.2, 0) is 17.9 Å². The topological polar surface area (TPSA) is 81.8 Å². The lowest BCUT2D eigenvalue weighted by Crippen LogP contribution is -2.32. The second kappa shape index (κ2) is 9.78. The molecular weight excluding hydrogens is 426 g/mol. The molecule has 1 N–H and O–H groups in total. The van der Waals surface area contributed by atoms with Gasteiger partial charge in [-0.3, -0.25) is 14.2 Å². The molecular formula is C24H24ClN5O2. The van der Waals surface area contributed by atoms with Gasteiger partial charge in [0.2, 0.25) is 5.91 Å². The first kappa shape index (κ1) is 21.8. The maximum Gasteiger partial charge on any atom is 0.264 e. The summed E-state index contributed by atoms with van der Waals surface area (Å²) in [4.78, 5) is 29.9. The molecule has 0 radical (unpaired) electrons. The lowest BCUT2D eigenvalue weighted by Gasteiger charge is -2.15. The van der Waals surface area contributed by atoms with Crippen LogP contribution >= 0.6 is 11.6 Å². The second-order valence-corrected chi connectivity index (χ2v) is 8.01. The molecule has 2 aromatic carbocycles. The number of hydrogen-bond donors (Lipinski definition) is 1. The summed E-state index contributed by atoms with van der Waals surface area (Å²) in [5.74, 6) is -0.214. The third kappa shape index (κ3) is 4.73. The van der Waals surface area contributed by atoms with Crippen molar-refractivity contribution in [2.75, 3.05) is 6.54 Å². The molecule has 0 saturated heterocycles. The minimum atomic E-state index is -0.192. The molecule has 32 heavy (non-hydrogen) atoms. The van der Waals surface area contributed by atoms with Gasteiger partial charge in [-0.05, 0) is 29.7 Å². The van der Waals surface area contributed by atoms with E-state index < -0.39 is 0 Å². The fourth-order valence-corrected chi connectivity index (χ4v) is 3.98. The summed E-state index contributed by atoms with van der Waals surface area (Å²) in [5.41, 5.74) is 2.25. The van der Waals surface area contributed by atoms with E-state index in [2.05, 4.69) is 15.4 Å². The van der Waals surface area contributed by atoms with Crippen LogP contribution in [0.2, 0.25) is 5.02 Å². The van der Waals surface area contributed by atoms with Gasteiger partial charge in [0.1, 0.15) is 11.7 Å². The van der Waals surface area contributed by atoms with E-state index in [1.807, 2.05) is 55.5 Å². The number of amides is 1. The summed E-state index contributed by atoms with van der Waals surface area (Å²) >= 11 is 6.04. The van der Waals surface area contributed by atoms with E-state index in [0.29, 0.717) is 42.1 Å². The molecule has 0 aliphatic heterocycles. The Hall–Kier alpha value is -3.45. The number of fused-ring (bicyclic) bond motifs is 1. The fourth-order valence-electron chi connectivity index (χ4n) is 3.77. The average molecular weight is 450 g/mol. The zero-order chi connectivity index (χ0) is 22.5. The number of carbonyl (C=O) groups is 1. The molecule has 0 aliphatic carbocycles. The van der Waals surface area contributed by atoms with Gasteiger partial charge in [-0.1, -0.05) is 61.0 Å². The summed E-state index contributed by atoms with van der Waals surface area (Å²) in [5, 5.41) is 8.35. The average Bonchev–Trinajstić information content (AvgIpc) is 3.21. The highest BCUT2D eigenvalue weighted by molar-refractivity contribution is 6.30. The largest absolute Gasteiger partial charge is 0.354 e. The highest BCUT2D eigenvalue weighted by Gasteiger charge is 2.18. The summed E-state index contributed by atoms with van der Waals surface area (Å²) in [7, 11) is 0. The molecule has 0 fully saturated rings. The minimum Gasteiger partial charge on any atom is -0.354 e. The molecule has 1 amide bonds. The Morgan fingerprint density at radius 2 is 1.97 bits per heavy atom. The molecule has 1 atom stereocenters. The predicted molar refractivity (Wildman–Crippen MR) is 125 cm³/mol. The van der Waals surface area contributed by atoms with Gasteiger partial charge >= 0.3 is 0 Å². The number of hydrogen-bond acceptors (Lipinski definition) is 4. The van der Waals surface area contributed by atoms with Crippen LogP contribution in [-0.4, -0.2) is 31.8 Å². The van der Waals surface area contributed by atoms with E-state index in [1.165, 1.54) is 17.1 Å². The van der Waals surface area contributed by atoms with Gasteiger partial charge in [0, 0.05) is 11.6 Å². The van der Waals surface area contributed by atoms with E-state index >= 15 is 0 Å². The van der Waals surface area contributed by atoms with Crippen LogP contribution in [0.1, 0.15) is 30.4 Å². The molecule has 2 heterocycles. The lowest BCUT2D eigenvalue weighted by molar-refractivity contribution is -0.122. The third-order valence-corrected chi connectivity index (χ3v) is 5.65. The number of carbonyl (C=O) groups excluding carboxylic acids is 1. The Bertz CT molecular complexity index is 1280. The Balaban J connectivity index is 1.43. The van der Waals surface area contributed by atoms with Gasteiger partial charge in [0.05, 0.1) is 25.2 Å². The molecule has 0 bridgehead atoms. The maximum absolute atomic E-state index is 12.9. The van der Waals surface area contributed by atoms with Crippen LogP contribution < -0.4 is 10.9 Å². The van der Waals surface area contributed by atoms with Crippen molar-refractivity contribution in [3.63, 3.8) is 0 Å². The molecule has 7 nitrogen and oxygen atoms in total. The minimum absolute atomic E-state index is 0.0213. The van der Waals surface area contributed by atoms with Crippen molar-refractivity contribution < 1.29 is 4.79 Å². The quantitative estimate of drug-likeness (QED) is 0.445. The van der Waals surface area contributed by atoms with Crippen molar-refractivity contribution >= 4 is 28.5 Å². The van der Waals surface area contributed by atoms with E-state index in [-0.39, 0.29) is 17.4 Å². The number of benzene rings is 2. The maximum atomic E-state index is 12.9. The lowest BCUT2D eigenvalue weighted by atomic mass is 9.96. The zero-order valence-electron chi connectivity index (χ0n) is 17.7. The van der Waals surface area contributed by atoms with Crippen LogP contribution in [0.5, 0.6) is 0 Å². The number of rotatable bonds is 8. The van der Waals surface area contributed by atoms with Gasteiger partial charge in [0.25, 0.3) is 5.56 Å². The first-order valence-electron chi connectivity index (χ1n) is 10.5. The first-order chi connectivity index (χ1) is 15.6. The van der Waals surface area contributed by atoms with Crippen molar-refractivity contribution in [3.05, 3.63) is 93.6 Å². The molecule has 4 rings (SSSR count). The third-order valence-electron chi connectivity index (χ3n) is 5.41. The van der Waals surface area contributed by atoms with Crippen molar-refractivity contribution in [1.82, 2.24) is 24.6 Å². The van der Waals surface area contributed by atoms with E-state index in [9.17, 15) is 9.59 Å². The summed E-state index contributed by atoms with van der Waals surface area (Å²) in [6, 6.07) is 17.1. The SMILES string of the molecule is CC[C@@H](C(=O)NCCn1ncc2c(=O)n(Cc3cccc(Cl)c3)cnc21)c1ccccc1. The first-order valence-corrected chi connectivity index (χ1v) is 10.9. The predicted octanol–water partition coefficient (Wildman–Crippen LogP) is 3.60. The van der Waals surface area contributed by atoms with Crippen LogP contribution in [0.3, 0.4) is 0 Å². The molecule has 0 saturated carbocycles. The molecule has 2 aromatic heterocycles. The van der Waals surface area contributed by atoms with Crippen molar-refractivity contribution in [2.45, 2.75) is 32.4 Å². The molecule has 8 heteroatoms. The van der Waals surface area contributed by atoms with E-state index in [1.54, 1.807) is 10.7 Å². The van der Waals surface area contributed by atoms with E-state index in [4.69, 9.17) is 11.6 Å². The van der Waals surface area contributed by atoms with Gasteiger partial charge in [-0.25, -0.2) is 9.67 Å². The smallest absolute Gasteiger partial charge is 0.264 e. The Morgan fingerprint density at radius 3 is 2.72 bits per heavy atom. The monoisotopic (exact) mass is 449 g/mol. The molecule has 0 spiro atoms. The van der Waals surface area contributed by atoms with Crippen LogP contribution in [0.15, 0.2) is 71.9 Å². The molecule has 0 aliphatic rings. The van der Waals surface area contributed by atoms with Gasteiger partial charge in [-0.2, -0.15) is 5.10 Å². The number of halogens is 1. The summed E-state index contributed by atoms with van der Waals surface area (Å²) < 4.78 is 3.18. The second-order valence-electron chi connectivity index (χ2n) is 7.58. The van der Waals surface area contributed by atoms with Gasteiger partial charge in [0.15, 0.2) is 5.65 Å². The highest BCUT2D eigenvalue weighted by atomic mass is 35.5. The normalized spacial score (nSPS) is 12.1. The summed E-state index contributed by atoms with van der Waals surface area (Å²) in [6.07, 6.45) is 3.76.